The number of carbonyl (C=O) groups excluding carboxylic acids is 1. The Morgan fingerprint density at radius 1 is 1.39 bits per heavy atom. The zero-order valence-electron chi connectivity index (χ0n) is 10.2. The van der Waals surface area contributed by atoms with Gasteiger partial charge in [-0.2, -0.15) is 4.57 Å². The molecule has 0 bridgehead atoms. The van der Waals surface area contributed by atoms with Crippen molar-refractivity contribution < 1.29 is 9.36 Å². The van der Waals surface area contributed by atoms with Crippen LogP contribution in [0.25, 0.3) is 0 Å². The van der Waals surface area contributed by atoms with Crippen LogP contribution in [-0.2, 0) is 17.8 Å². The van der Waals surface area contributed by atoms with Crippen LogP contribution in [0.3, 0.4) is 0 Å². The van der Waals surface area contributed by atoms with Crippen molar-refractivity contribution in [3.05, 3.63) is 46.7 Å². The number of thioether (sulfide) groups is 1. The Hall–Kier alpha value is -1.20. The van der Waals surface area contributed by atoms with E-state index in [-0.39, 0.29) is 5.12 Å². The average Bonchev–Trinajstić information content (AvgIpc) is 2.76. The molecule has 0 unspecified atom stereocenters. The lowest BCUT2D eigenvalue weighted by molar-refractivity contribution is -0.683. The van der Waals surface area contributed by atoms with Crippen molar-refractivity contribution in [2.24, 2.45) is 0 Å². The number of aryl methyl sites for hydroxylation is 2. The van der Waals surface area contributed by atoms with Crippen molar-refractivity contribution in [2.75, 3.05) is 5.75 Å². The van der Waals surface area contributed by atoms with Crippen LogP contribution in [0.2, 0.25) is 0 Å². The van der Waals surface area contributed by atoms with E-state index in [2.05, 4.69) is 4.98 Å². The smallest absolute Gasteiger partial charge is 0.253 e. The van der Waals surface area contributed by atoms with Gasteiger partial charge in [0.15, 0.2) is 12.4 Å². The second-order valence-corrected chi connectivity index (χ2v) is 5.97. The van der Waals surface area contributed by atoms with Crippen LogP contribution in [0.4, 0.5) is 0 Å². The third-order valence-electron chi connectivity index (χ3n) is 2.53. The molecule has 94 valence electrons. The van der Waals surface area contributed by atoms with Gasteiger partial charge in [0.25, 0.3) is 5.12 Å². The number of hydrogen-bond acceptors (Lipinski definition) is 4. The minimum atomic E-state index is 0.202. The monoisotopic (exact) mass is 279 g/mol. The van der Waals surface area contributed by atoms with E-state index in [4.69, 9.17) is 0 Å². The molecule has 0 aromatic carbocycles. The number of hydrogen-bond donors (Lipinski definition) is 0. The van der Waals surface area contributed by atoms with Gasteiger partial charge in [0.2, 0.25) is 6.54 Å². The zero-order valence-corrected chi connectivity index (χ0v) is 11.8. The van der Waals surface area contributed by atoms with Crippen LogP contribution in [0.15, 0.2) is 36.1 Å². The fourth-order valence-corrected chi connectivity index (χ4v) is 3.24. The third-order valence-corrected chi connectivity index (χ3v) is 4.38. The van der Waals surface area contributed by atoms with E-state index in [0.717, 1.165) is 17.9 Å². The molecule has 0 saturated heterocycles. The van der Waals surface area contributed by atoms with Gasteiger partial charge in [-0.3, -0.25) is 4.79 Å². The topological polar surface area (TPSA) is 33.8 Å². The first-order valence-corrected chi connectivity index (χ1v) is 7.61. The SMILES string of the molecule is Cc1ncsc1CCSC(=O)C[n+]1ccccc1. The summed E-state index contributed by atoms with van der Waals surface area (Å²) in [5.41, 5.74) is 2.95. The van der Waals surface area contributed by atoms with Gasteiger partial charge in [0.1, 0.15) is 0 Å². The summed E-state index contributed by atoms with van der Waals surface area (Å²) in [6.45, 7) is 2.45. The van der Waals surface area contributed by atoms with Gasteiger partial charge < -0.3 is 0 Å². The van der Waals surface area contributed by atoms with Gasteiger partial charge in [-0.25, -0.2) is 4.98 Å². The fourth-order valence-electron chi connectivity index (χ4n) is 1.56. The maximum absolute atomic E-state index is 11.8. The number of thiazole rings is 1. The molecule has 0 aliphatic rings. The molecule has 5 heteroatoms. The Morgan fingerprint density at radius 3 is 2.83 bits per heavy atom. The number of carbonyl (C=O) groups is 1. The van der Waals surface area contributed by atoms with Crippen molar-refractivity contribution in [1.29, 1.82) is 0 Å². The van der Waals surface area contributed by atoms with Crippen LogP contribution in [0.5, 0.6) is 0 Å². The van der Waals surface area contributed by atoms with Crippen molar-refractivity contribution in [1.82, 2.24) is 4.98 Å². The van der Waals surface area contributed by atoms with Crippen LogP contribution < -0.4 is 4.57 Å². The van der Waals surface area contributed by atoms with Gasteiger partial charge in [-0.1, -0.05) is 17.8 Å². The lowest BCUT2D eigenvalue weighted by Crippen LogP contribution is -2.35. The van der Waals surface area contributed by atoms with Crippen molar-refractivity contribution in [2.45, 2.75) is 19.9 Å². The molecule has 2 aromatic heterocycles. The lowest BCUT2D eigenvalue weighted by atomic mass is 10.3. The van der Waals surface area contributed by atoms with Crippen LogP contribution in [0, 0.1) is 6.92 Å². The summed E-state index contributed by atoms with van der Waals surface area (Å²) in [5.74, 6) is 0.829. The summed E-state index contributed by atoms with van der Waals surface area (Å²) in [4.78, 5) is 17.2. The Balaban J connectivity index is 1.74. The minimum Gasteiger partial charge on any atom is -0.280 e. The number of aromatic nitrogens is 2. The fraction of sp³-hybridized carbons (Fsp3) is 0.308. The highest BCUT2D eigenvalue weighted by Gasteiger charge is 2.10. The number of nitrogens with zero attached hydrogens (tertiary/aromatic N) is 2. The molecule has 2 heterocycles. The highest BCUT2D eigenvalue weighted by molar-refractivity contribution is 8.13. The Bertz CT molecular complexity index is 511. The number of pyridine rings is 1. The molecule has 2 rings (SSSR count). The van der Waals surface area contributed by atoms with E-state index >= 15 is 0 Å². The second-order valence-electron chi connectivity index (χ2n) is 3.88. The van der Waals surface area contributed by atoms with Gasteiger partial charge in [-0.05, 0) is 13.3 Å². The summed E-state index contributed by atoms with van der Waals surface area (Å²) in [7, 11) is 0. The van der Waals surface area contributed by atoms with Gasteiger partial charge in [-0.15, -0.1) is 11.3 Å². The van der Waals surface area contributed by atoms with E-state index in [1.807, 2.05) is 47.6 Å². The van der Waals surface area contributed by atoms with Crippen LogP contribution in [-0.4, -0.2) is 15.9 Å². The molecule has 0 aliphatic heterocycles. The third kappa shape index (κ3) is 3.92. The molecule has 0 radical (unpaired) electrons. The van der Waals surface area contributed by atoms with E-state index in [9.17, 15) is 4.79 Å². The Kier molecular flexibility index (Phi) is 4.90. The minimum absolute atomic E-state index is 0.202. The lowest BCUT2D eigenvalue weighted by Gasteiger charge is -1.98. The average molecular weight is 279 g/mol. The van der Waals surface area contributed by atoms with E-state index in [0.29, 0.717) is 6.54 Å². The first-order chi connectivity index (χ1) is 8.75. The first kappa shape index (κ1) is 13.2. The predicted octanol–water partition coefficient (Wildman–Crippen LogP) is 2.24. The van der Waals surface area contributed by atoms with E-state index < -0.39 is 0 Å². The highest BCUT2D eigenvalue weighted by atomic mass is 32.2. The second kappa shape index (κ2) is 6.66. The van der Waals surface area contributed by atoms with Crippen molar-refractivity contribution >= 4 is 28.2 Å². The highest BCUT2D eigenvalue weighted by Crippen LogP contribution is 2.15. The summed E-state index contributed by atoms with van der Waals surface area (Å²) in [6.07, 6.45) is 4.74. The molecule has 0 amide bonds. The molecule has 2 aromatic rings. The quantitative estimate of drug-likeness (QED) is 0.787. The van der Waals surface area contributed by atoms with Crippen LogP contribution >= 0.6 is 23.1 Å². The standard InChI is InChI=1S/C13H15N2OS2/c1-11-12(18-10-14-11)5-8-17-13(16)9-15-6-3-2-4-7-15/h2-4,6-7,10H,5,8-9H2,1H3/q+1. The van der Waals surface area contributed by atoms with Crippen LogP contribution in [0.1, 0.15) is 10.6 Å². The van der Waals surface area contributed by atoms with Gasteiger partial charge in [0.05, 0.1) is 11.2 Å². The summed E-state index contributed by atoms with van der Waals surface area (Å²) in [5, 5.41) is 0.202. The maximum Gasteiger partial charge on any atom is 0.253 e. The first-order valence-electron chi connectivity index (χ1n) is 5.74. The maximum atomic E-state index is 11.8. The largest absolute Gasteiger partial charge is 0.280 e. The molecule has 18 heavy (non-hydrogen) atoms. The Morgan fingerprint density at radius 2 is 2.17 bits per heavy atom. The molecule has 0 aliphatic carbocycles. The summed E-state index contributed by atoms with van der Waals surface area (Å²) in [6, 6.07) is 5.80. The molecule has 0 spiro atoms. The molecular formula is C13H15N2OS2+. The molecular weight excluding hydrogens is 264 g/mol. The van der Waals surface area contributed by atoms with Crippen molar-refractivity contribution in [3.63, 3.8) is 0 Å². The van der Waals surface area contributed by atoms with Crippen molar-refractivity contribution in [3.8, 4) is 0 Å². The summed E-state index contributed by atoms with van der Waals surface area (Å²) < 4.78 is 1.90. The normalized spacial score (nSPS) is 10.5. The predicted molar refractivity (Wildman–Crippen MR) is 74.7 cm³/mol. The molecule has 3 nitrogen and oxygen atoms in total. The summed E-state index contributed by atoms with van der Waals surface area (Å²) >= 11 is 3.06. The van der Waals surface area contributed by atoms with E-state index in [1.54, 1.807) is 11.3 Å². The van der Waals surface area contributed by atoms with E-state index in [1.165, 1.54) is 16.6 Å². The zero-order chi connectivity index (χ0) is 12.8. The van der Waals surface area contributed by atoms with Gasteiger partial charge in [0, 0.05) is 22.8 Å². The molecule has 0 fully saturated rings. The molecule has 0 atom stereocenters. The van der Waals surface area contributed by atoms with Gasteiger partial charge >= 0.3 is 0 Å². The number of rotatable bonds is 5. The molecule has 0 N–H and O–H groups in total. The molecule has 0 saturated carbocycles. The Labute approximate surface area is 115 Å².